The van der Waals surface area contributed by atoms with Gasteiger partial charge in [-0.25, -0.2) is 13.2 Å². The van der Waals surface area contributed by atoms with Gasteiger partial charge in [-0.2, -0.15) is 0 Å². The van der Waals surface area contributed by atoms with Gasteiger partial charge in [0.15, 0.2) is 16.4 Å². The highest BCUT2D eigenvalue weighted by Crippen LogP contribution is 2.28. The van der Waals surface area contributed by atoms with Crippen LogP contribution in [0.15, 0.2) is 28.7 Å². The largest absolute Gasteiger partial charge is 0.330 e. The highest BCUT2D eigenvalue weighted by molar-refractivity contribution is 9.10. The zero-order valence-corrected chi connectivity index (χ0v) is 13.1. The number of halogens is 4. The molecule has 1 aromatic heterocycles. The van der Waals surface area contributed by atoms with Gasteiger partial charge in [0.2, 0.25) is 0 Å². The molecule has 0 aliphatic rings. The third-order valence-corrected chi connectivity index (χ3v) is 4.11. The normalized spacial score (nSPS) is 11.3. The quantitative estimate of drug-likeness (QED) is 0.584. The molecule has 0 aliphatic carbocycles. The zero-order chi connectivity index (χ0) is 15.3. The van der Waals surface area contributed by atoms with Gasteiger partial charge in [-0.05, 0) is 64.9 Å². The number of aromatic nitrogens is 2. The van der Waals surface area contributed by atoms with Crippen LogP contribution in [0.1, 0.15) is 5.56 Å². The summed E-state index contributed by atoms with van der Waals surface area (Å²) in [5.74, 6) is -2.52. The van der Waals surface area contributed by atoms with Crippen molar-refractivity contribution in [2.24, 2.45) is 0 Å². The molecular weight excluding hydrogens is 365 g/mol. The number of benzene rings is 2. The summed E-state index contributed by atoms with van der Waals surface area (Å²) in [7, 11) is 0. The molecule has 3 aromatic rings. The highest BCUT2D eigenvalue weighted by Gasteiger charge is 2.17. The molecule has 21 heavy (non-hydrogen) atoms. The number of imidazole rings is 1. The van der Waals surface area contributed by atoms with Crippen LogP contribution in [0.5, 0.6) is 0 Å². The van der Waals surface area contributed by atoms with Crippen molar-refractivity contribution in [1.82, 2.24) is 9.55 Å². The summed E-state index contributed by atoms with van der Waals surface area (Å²) in [6, 6.07) is 5.20. The van der Waals surface area contributed by atoms with Crippen LogP contribution < -0.4 is 0 Å². The summed E-state index contributed by atoms with van der Waals surface area (Å²) in [5, 5.41) is 0. The number of rotatable bonds is 1. The van der Waals surface area contributed by atoms with Crippen molar-refractivity contribution in [2.75, 3.05) is 0 Å². The molecule has 3 rings (SSSR count). The van der Waals surface area contributed by atoms with E-state index in [0.717, 1.165) is 6.07 Å². The molecule has 0 unspecified atom stereocenters. The summed E-state index contributed by atoms with van der Waals surface area (Å²) in [6.07, 6.45) is 0. The fourth-order valence-corrected chi connectivity index (χ4v) is 3.00. The lowest BCUT2D eigenvalue weighted by atomic mass is 10.2. The molecule has 1 heterocycles. The lowest BCUT2D eigenvalue weighted by molar-refractivity contribution is 0.514. The molecule has 0 amide bonds. The molecule has 0 bridgehead atoms. The van der Waals surface area contributed by atoms with E-state index in [2.05, 4.69) is 20.9 Å². The molecule has 0 aliphatic heterocycles. The first kappa shape index (κ1) is 14.3. The average molecular weight is 373 g/mol. The SMILES string of the molecule is Cc1cc(Br)c(F)cc1-n1c(=S)[nH]c2ccc(F)c(F)c21. The van der Waals surface area contributed by atoms with Gasteiger partial charge in [0.05, 0.1) is 15.7 Å². The Morgan fingerprint density at radius 2 is 1.86 bits per heavy atom. The van der Waals surface area contributed by atoms with Crippen molar-refractivity contribution < 1.29 is 13.2 Å². The molecule has 108 valence electrons. The second-order valence-electron chi connectivity index (χ2n) is 4.58. The molecule has 0 saturated carbocycles. The van der Waals surface area contributed by atoms with Crippen LogP contribution in [0.25, 0.3) is 16.7 Å². The molecule has 0 atom stereocenters. The third-order valence-electron chi connectivity index (χ3n) is 3.22. The van der Waals surface area contributed by atoms with Gasteiger partial charge in [0, 0.05) is 0 Å². The molecule has 0 fully saturated rings. The Balaban J connectivity index is 2.46. The monoisotopic (exact) mass is 372 g/mol. The maximum absolute atomic E-state index is 14.1. The fraction of sp³-hybridized carbons (Fsp3) is 0.0714. The second-order valence-corrected chi connectivity index (χ2v) is 5.82. The van der Waals surface area contributed by atoms with Crippen LogP contribution in [0, 0.1) is 29.1 Å². The number of hydrogen-bond acceptors (Lipinski definition) is 1. The van der Waals surface area contributed by atoms with E-state index in [-0.39, 0.29) is 10.3 Å². The first-order valence-corrected chi connectivity index (χ1v) is 7.15. The average Bonchev–Trinajstić information content (AvgIpc) is 2.75. The molecule has 2 nitrogen and oxygen atoms in total. The van der Waals surface area contributed by atoms with Crippen LogP contribution in [-0.4, -0.2) is 9.55 Å². The van der Waals surface area contributed by atoms with E-state index in [1.165, 1.54) is 16.7 Å². The van der Waals surface area contributed by atoms with E-state index < -0.39 is 17.5 Å². The van der Waals surface area contributed by atoms with Crippen LogP contribution in [0.3, 0.4) is 0 Å². The Labute approximate surface area is 131 Å². The standard InChI is InChI=1S/C14H8BrF3N2S/c1-6-4-7(15)9(17)5-11(6)20-13-10(19-14(20)21)3-2-8(16)12(13)18/h2-5H,1H3,(H,19,21). The Hall–Kier alpha value is -1.60. The number of fused-ring (bicyclic) bond motifs is 1. The zero-order valence-electron chi connectivity index (χ0n) is 10.7. The van der Waals surface area contributed by atoms with Gasteiger partial charge < -0.3 is 4.98 Å². The van der Waals surface area contributed by atoms with Gasteiger partial charge in [-0.15, -0.1) is 0 Å². The van der Waals surface area contributed by atoms with Crippen LogP contribution >= 0.6 is 28.1 Å². The van der Waals surface area contributed by atoms with Gasteiger partial charge in [-0.1, -0.05) is 0 Å². The van der Waals surface area contributed by atoms with Crippen molar-refractivity contribution in [2.45, 2.75) is 6.92 Å². The minimum absolute atomic E-state index is 0.0372. The number of H-pyrrole nitrogens is 1. The maximum Gasteiger partial charge on any atom is 0.184 e. The lowest BCUT2D eigenvalue weighted by Gasteiger charge is -2.10. The van der Waals surface area contributed by atoms with E-state index in [1.54, 1.807) is 13.0 Å². The Morgan fingerprint density at radius 1 is 1.14 bits per heavy atom. The number of aromatic amines is 1. The molecule has 1 N–H and O–H groups in total. The van der Waals surface area contributed by atoms with Crippen LogP contribution in [0.4, 0.5) is 13.2 Å². The predicted octanol–water partition coefficient (Wildman–Crippen LogP) is 5.18. The van der Waals surface area contributed by atoms with Gasteiger partial charge in [0.25, 0.3) is 0 Å². The summed E-state index contributed by atoms with van der Waals surface area (Å²) >= 11 is 8.24. The summed E-state index contributed by atoms with van der Waals surface area (Å²) in [4.78, 5) is 2.79. The summed E-state index contributed by atoms with van der Waals surface area (Å²) in [5.41, 5.74) is 1.34. The number of hydrogen-bond donors (Lipinski definition) is 1. The maximum atomic E-state index is 14.1. The molecular formula is C14H8BrF3N2S. The number of aryl methyl sites for hydroxylation is 1. The molecule has 0 saturated heterocycles. The Morgan fingerprint density at radius 3 is 2.57 bits per heavy atom. The van der Waals surface area contributed by atoms with Crippen molar-refractivity contribution in [1.29, 1.82) is 0 Å². The Bertz CT molecular complexity index is 930. The van der Waals surface area contributed by atoms with Gasteiger partial charge in [-0.3, -0.25) is 4.57 Å². The summed E-state index contributed by atoms with van der Waals surface area (Å²) in [6.45, 7) is 1.73. The molecule has 0 radical (unpaired) electrons. The minimum atomic E-state index is -1.03. The van der Waals surface area contributed by atoms with Crippen molar-refractivity contribution in [3.8, 4) is 5.69 Å². The van der Waals surface area contributed by atoms with Crippen LogP contribution in [-0.2, 0) is 0 Å². The van der Waals surface area contributed by atoms with Crippen LogP contribution in [0.2, 0.25) is 0 Å². The minimum Gasteiger partial charge on any atom is -0.330 e. The fourth-order valence-electron chi connectivity index (χ4n) is 2.24. The predicted molar refractivity (Wildman–Crippen MR) is 80.8 cm³/mol. The van der Waals surface area contributed by atoms with Gasteiger partial charge in [0.1, 0.15) is 11.3 Å². The first-order chi connectivity index (χ1) is 9.90. The van der Waals surface area contributed by atoms with Crippen molar-refractivity contribution in [3.05, 3.63) is 56.5 Å². The van der Waals surface area contributed by atoms with E-state index in [9.17, 15) is 13.2 Å². The summed E-state index contributed by atoms with van der Waals surface area (Å²) < 4.78 is 43.1. The molecule has 0 spiro atoms. The van der Waals surface area contributed by atoms with Gasteiger partial charge >= 0.3 is 0 Å². The third kappa shape index (κ3) is 2.20. The van der Waals surface area contributed by atoms with E-state index in [4.69, 9.17) is 12.2 Å². The number of nitrogens with one attached hydrogen (secondary N) is 1. The first-order valence-electron chi connectivity index (χ1n) is 5.95. The highest BCUT2D eigenvalue weighted by atomic mass is 79.9. The smallest absolute Gasteiger partial charge is 0.184 e. The van der Waals surface area contributed by atoms with E-state index >= 15 is 0 Å². The van der Waals surface area contributed by atoms with Crippen molar-refractivity contribution >= 4 is 39.2 Å². The van der Waals surface area contributed by atoms with Crippen molar-refractivity contribution in [3.63, 3.8) is 0 Å². The molecule has 7 heteroatoms. The van der Waals surface area contributed by atoms with E-state index in [0.29, 0.717) is 21.2 Å². The second kappa shape index (κ2) is 4.99. The lowest BCUT2D eigenvalue weighted by Crippen LogP contribution is -2.01. The number of nitrogens with zero attached hydrogens (tertiary/aromatic N) is 1. The molecule has 2 aromatic carbocycles. The Kier molecular flexibility index (Phi) is 3.41. The van der Waals surface area contributed by atoms with E-state index in [1.807, 2.05) is 0 Å². The topological polar surface area (TPSA) is 20.7 Å².